The molecule has 0 spiro atoms. The first-order chi connectivity index (χ1) is 15.3. The van der Waals surface area contributed by atoms with Crippen molar-refractivity contribution in [2.45, 2.75) is 18.1 Å². The van der Waals surface area contributed by atoms with E-state index in [2.05, 4.69) is 13.2 Å². The summed E-state index contributed by atoms with van der Waals surface area (Å²) in [5.41, 5.74) is -0.699. The maximum Gasteiger partial charge on any atom is 0.331 e. The quantitative estimate of drug-likeness (QED) is 0.318. The molecule has 0 amide bonds. The van der Waals surface area contributed by atoms with Gasteiger partial charge in [-0.1, -0.05) is 61.2 Å². The van der Waals surface area contributed by atoms with Crippen LogP contribution in [0.15, 0.2) is 67.8 Å². The Morgan fingerprint density at radius 2 is 1.31 bits per heavy atom. The summed E-state index contributed by atoms with van der Waals surface area (Å²) in [6.45, 7) is 8.80. The number of cyclic esters (lactones) is 2. The van der Waals surface area contributed by atoms with Gasteiger partial charge < -0.3 is 14.2 Å². The second-order valence-electron chi connectivity index (χ2n) is 8.01. The maximum atomic E-state index is 13.1. The standard InChI is InChI=1S/C25H18O7/c1-4-18(26)31-24-14-8-6-7-9-15(14)25(32-19(27)5-2,17-12-13(3)10-11-16(17)24)21-20(24)22(28)30-23(21)29/h4-12,20-21H,1-2H2,3H3. The Bertz CT molecular complexity index is 1260. The molecule has 4 aliphatic rings. The molecule has 2 aromatic carbocycles. The molecule has 2 bridgehead atoms. The molecular formula is C25H18O7. The lowest BCUT2D eigenvalue weighted by molar-refractivity contribution is -0.188. The van der Waals surface area contributed by atoms with E-state index < -0.39 is 46.9 Å². The van der Waals surface area contributed by atoms with Gasteiger partial charge in [0.15, 0.2) is 11.2 Å². The fraction of sp³-hybridized carbons (Fsp3) is 0.200. The summed E-state index contributed by atoms with van der Waals surface area (Å²) in [7, 11) is 0. The predicted octanol–water partition coefficient (Wildman–Crippen LogP) is 2.58. The highest BCUT2D eigenvalue weighted by Crippen LogP contribution is 2.67. The Morgan fingerprint density at radius 3 is 1.81 bits per heavy atom. The highest BCUT2D eigenvalue weighted by Gasteiger charge is 2.76. The van der Waals surface area contributed by atoms with E-state index in [1.165, 1.54) is 0 Å². The summed E-state index contributed by atoms with van der Waals surface area (Å²) in [4.78, 5) is 51.2. The van der Waals surface area contributed by atoms with E-state index >= 15 is 0 Å². The van der Waals surface area contributed by atoms with E-state index in [1.807, 2.05) is 6.92 Å². The lowest BCUT2D eigenvalue weighted by Crippen LogP contribution is -2.63. The Hall–Kier alpha value is -4.00. The first kappa shape index (κ1) is 19.9. The van der Waals surface area contributed by atoms with Crippen LogP contribution < -0.4 is 0 Å². The zero-order chi connectivity index (χ0) is 22.8. The van der Waals surface area contributed by atoms with Gasteiger partial charge in [-0.25, -0.2) is 9.59 Å². The molecule has 3 aliphatic carbocycles. The van der Waals surface area contributed by atoms with E-state index in [-0.39, 0.29) is 0 Å². The van der Waals surface area contributed by atoms with Crippen molar-refractivity contribution in [1.82, 2.24) is 0 Å². The summed E-state index contributed by atoms with van der Waals surface area (Å²) < 4.78 is 17.0. The summed E-state index contributed by atoms with van der Waals surface area (Å²) in [5, 5.41) is 0. The molecule has 4 atom stereocenters. The first-order valence-electron chi connectivity index (χ1n) is 9.99. The number of aryl methyl sites for hydroxylation is 1. The van der Waals surface area contributed by atoms with E-state index in [1.54, 1.807) is 42.5 Å². The van der Waals surface area contributed by atoms with Crippen molar-refractivity contribution >= 4 is 23.9 Å². The zero-order valence-corrected chi connectivity index (χ0v) is 17.1. The molecule has 160 valence electrons. The monoisotopic (exact) mass is 430 g/mol. The minimum absolute atomic E-state index is 0.441. The molecule has 1 aliphatic heterocycles. The number of ether oxygens (including phenoxy) is 3. The maximum absolute atomic E-state index is 13.1. The third kappa shape index (κ3) is 2.20. The van der Waals surface area contributed by atoms with Gasteiger partial charge in [0.1, 0.15) is 11.8 Å². The number of carbonyl (C=O) groups excluding carboxylic acids is 4. The Labute approximate surface area is 183 Å². The minimum Gasteiger partial charge on any atom is -0.445 e. The Kier molecular flexibility index (Phi) is 4.05. The Morgan fingerprint density at radius 1 is 0.844 bits per heavy atom. The number of hydrogen-bond acceptors (Lipinski definition) is 7. The molecular weight excluding hydrogens is 412 g/mol. The van der Waals surface area contributed by atoms with Crippen LogP contribution in [0.25, 0.3) is 0 Å². The lowest BCUT2D eigenvalue weighted by atomic mass is 9.50. The predicted molar refractivity (Wildman–Crippen MR) is 110 cm³/mol. The second-order valence-corrected chi connectivity index (χ2v) is 8.01. The molecule has 1 heterocycles. The van der Waals surface area contributed by atoms with Crippen molar-refractivity contribution < 1.29 is 33.4 Å². The van der Waals surface area contributed by atoms with Gasteiger partial charge in [0.25, 0.3) is 0 Å². The molecule has 32 heavy (non-hydrogen) atoms. The molecule has 7 heteroatoms. The van der Waals surface area contributed by atoms with Crippen LogP contribution in [0.3, 0.4) is 0 Å². The highest BCUT2D eigenvalue weighted by molar-refractivity contribution is 6.02. The summed E-state index contributed by atoms with van der Waals surface area (Å²) >= 11 is 0. The van der Waals surface area contributed by atoms with E-state index in [0.717, 1.165) is 17.7 Å². The number of benzene rings is 2. The van der Waals surface area contributed by atoms with Crippen LogP contribution in [0.4, 0.5) is 0 Å². The molecule has 0 radical (unpaired) electrons. The normalized spacial score (nSPS) is 28.7. The molecule has 0 saturated carbocycles. The highest BCUT2D eigenvalue weighted by atomic mass is 16.6. The van der Waals surface area contributed by atoms with Crippen LogP contribution in [-0.4, -0.2) is 23.9 Å². The lowest BCUT2D eigenvalue weighted by Gasteiger charge is -2.56. The molecule has 1 saturated heterocycles. The van der Waals surface area contributed by atoms with Gasteiger partial charge in [-0.15, -0.1) is 0 Å². The second kappa shape index (κ2) is 6.50. The zero-order valence-electron chi connectivity index (χ0n) is 17.1. The van der Waals surface area contributed by atoms with E-state index in [9.17, 15) is 19.2 Å². The van der Waals surface area contributed by atoms with Gasteiger partial charge in [-0.3, -0.25) is 9.59 Å². The van der Waals surface area contributed by atoms with Crippen LogP contribution in [0.5, 0.6) is 0 Å². The average molecular weight is 430 g/mol. The topological polar surface area (TPSA) is 96.0 Å². The number of rotatable bonds is 4. The summed E-state index contributed by atoms with van der Waals surface area (Å²) in [6.07, 6.45) is 1.99. The molecule has 1 fully saturated rings. The van der Waals surface area contributed by atoms with Crippen LogP contribution in [0.1, 0.15) is 27.8 Å². The number of carbonyl (C=O) groups is 4. The van der Waals surface area contributed by atoms with Crippen molar-refractivity contribution in [3.63, 3.8) is 0 Å². The van der Waals surface area contributed by atoms with Gasteiger partial charge in [-0.05, 0) is 6.92 Å². The molecule has 0 N–H and O–H groups in total. The third-order valence-corrected chi connectivity index (χ3v) is 6.48. The van der Waals surface area contributed by atoms with Gasteiger partial charge in [0.2, 0.25) is 0 Å². The van der Waals surface area contributed by atoms with Gasteiger partial charge in [-0.2, -0.15) is 0 Å². The van der Waals surface area contributed by atoms with Gasteiger partial charge >= 0.3 is 23.9 Å². The van der Waals surface area contributed by atoms with Gasteiger partial charge in [0.05, 0.1) is 0 Å². The van der Waals surface area contributed by atoms with E-state index in [4.69, 9.17) is 14.2 Å². The average Bonchev–Trinajstić information content (AvgIpc) is 3.10. The fourth-order valence-electron chi connectivity index (χ4n) is 5.43. The van der Waals surface area contributed by atoms with Crippen LogP contribution in [0, 0.1) is 18.8 Å². The fourth-order valence-corrected chi connectivity index (χ4v) is 5.43. The van der Waals surface area contributed by atoms with Crippen LogP contribution in [-0.2, 0) is 44.6 Å². The molecule has 4 unspecified atom stereocenters. The van der Waals surface area contributed by atoms with Crippen molar-refractivity contribution in [1.29, 1.82) is 0 Å². The van der Waals surface area contributed by atoms with Gasteiger partial charge in [0, 0.05) is 34.4 Å². The largest absolute Gasteiger partial charge is 0.445 e. The SMILES string of the molecule is C=CC(=O)OC12c3ccccc3C(OC(=O)C=C)(c3cc(C)ccc31)C1C(=O)OC(=O)C12. The Balaban J connectivity index is 1.98. The van der Waals surface area contributed by atoms with Crippen molar-refractivity contribution in [2.75, 3.05) is 0 Å². The summed E-state index contributed by atoms with van der Waals surface area (Å²) in [5.74, 6) is -5.73. The van der Waals surface area contributed by atoms with Crippen molar-refractivity contribution in [3.05, 3.63) is 95.6 Å². The number of hydrogen-bond donors (Lipinski definition) is 0. The molecule has 0 aromatic heterocycles. The van der Waals surface area contributed by atoms with Crippen LogP contribution >= 0.6 is 0 Å². The third-order valence-electron chi connectivity index (χ3n) is 6.48. The van der Waals surface area contributed by atoms with E-state index in [0.29, 0.717) is 22.3 Å². The molecule has 7 nitrogen and oxygen atoms in total. The molecule has 2 aromatic rings. The molecule has 6 rings (SSSR count). The number of esters is 4. The summed E-state index contributed by atoms with van der Waals surface area (Å²) in [6, 6.07) is 12.1. The minimum atomic E-state index is -1.65. The first-order valence-corrected chi connectivity index (χ1v) is 9.99. The van der Waals surface area contributed by atoms with Crippen molar-refractivity contribution in [2.24, 2.45) is 11.8 Å². The smallest absolute Gasteiger partial charge is 0.331 e. The van der Waals surface area contributed by atoms with Crippen molar-refractivity contribution in [3.8, 4) is 0 Å². The van der Waals surface area contributed by atoms with Crippen LogP contribution in [0.2, 0.25) is 0 Å².